The van der Waals surface area contributed by atoms with Crippen molar-refractivity contribution in [3.8, 4) is 0 Å². The fourth-order valence-corrected chi connectivity index (χ4v) is 3.63. The van der Waals surface area contributed by atoms with E-state index in [0.717, 1.165) is 12.8 Å². The molecule has 0 heterocycles. The standard InChI is InChI=1S/C18H34O2.C9H21N/c1-2-3-4-5-6-7-8-9-10-11-12-13-14-15-16-17-18(19)20;1-4-7-10(8-5-2)9-6-3/h9-10H,2-8,11-17H2,1H3,(H,19,20);4-9H2,1-3H3. The van der Waals surface area contributed by atoms with E-state index in [4.69, 9.17) is 5.11 Å². The molecule has 180 valence electrons. The highest BCUT2D eigenvalue weighted by atomic mass is 16.4. The number of allylic oxidation sites excluding steroid dienone is 2. The van der Waals surface area contributed by atoms with Crippen molar-refractivity contribution in [1.82, 2.24) is 4.90 Å². The molecule has 0 bridgehead atoms. The van der Waals surface area contributed by atoms with Gasteiger partial charge in [0.2, 0.25) is 0 Å². The van der Waals surface area contributed by atoms with Gasteiger partial charge in [-0.05, 0) is 71.0 Å². The van der Waals surface area contributed by atoms with E-state index < -0.39 is 5.97 Å². The average Bonchev–Trinajstić information content (AvgIpc) is 2.72. The van der Waals surface area contributed by atoms with Crippen molar-refractivity contribution in [1.29, 1.82) is 0 Å². The fraction of sp³-hybridized carbons (Fsp3) is 0.889. The molecule has 0 saturated heterocycles. The van der Waals surface area contributed by atoms with Gasteiger partial charge in [-0.2, -0.15) is 0 Å². The first-order chi connectivity index (χ1) is 14.6. The minimum absolute atomic E-state index is 0.332. The topological polar surface area (TPSA) is 40.5 Å². The Morgan fingerprint density at radius 1 is 0.600 bits per heavy atom. The van der Waals surface area contributed by atoms with Crippen molar-refractivity contribution < 1.29 is 9.90 Å². The second kappa shape index (κ2) is 28.2. The number of hydrogen-bond donors (Lipinski definition) is 1. The normalized spacial score (nSPS) is 11.1. The molecular formula is C27H55NO2. The highest BCUT2D eigenvalue weighted by molar-refractivity contribution is 5.66. The third kappa shape index (κ3) is 29.4. The first kappa shape index (κ1) is 31.4. The van der Waals surface area contributed by atoms with Gasteiger partial charge in [0, 0.05) is 6.42 Å². The molecule has 0 fully saturated rings. The lowest BCUT2D eigenvalue weighted by Gasteiger charge is -2.19. The lowest BCUT2D eigenvalue weighted by Crippen LogP contribution is -2.25. The summed E-state index contributed by atoms with van der Waals surface area (Å²) in [5.74, 6) is -0.664. The SMILES string of the molecule is CCCCCCCCC=CCCCCCCCC(=O)O.CCCN(CCC)CCC. The Balaban J connectivity index is 0. The van der Waals surface area contributed by atoms with E-state index in [1.807, 2.05) is 0 Å². The molecule has 0 aliphatic carbocycles. The van der Waals surface area contributed by atoms with E-state index in [-0.39, 0.29) is 0 Å². The van der Waals surface area contributed by atoms with E-state index in [9.17, 15) is 4.79 Å². The molecular weight excluding hydrogens is 370 g/mol. The molecule has 0 spiro atoms. The summed E-state index contributed by atoms with van der Waals surface area (Å²) in [4.78, 5) is 12.9. The van der Waals surface area contributed by atoms with Crippen molar-refractivity contribution in [2.45, 2.75) is 137 Å². The minimum Gasteiger partial charge on any atom is -0.481 e. The predicted octanol–water partition coefficient (Wildman–Crippen LogP) is 8.63. The summed E-state index contributed by atoms with van der Waals surface area (Å²) in [6.07, 6.45) is 25.1. The lowest BCUT2D eigenvalue weighted by atomic mass is 10.1. The van der Waals surface area contributed by atoms with Crippen LogP contribution < -0.4 is 0 Å². The van der Waals surface area contributed by atoms with Gasteiger partial charge >= 0.3 is 5.97 Å². The first-order valence-electron chi connectivity index (χ1n) is 13.2. The van der Waals surface area contributed by atoms with Crippen molar-refractivity contribution in [3.63, 3.8) is 0 Å². The smallest absolute Gasteiger partial charge is 0.303 e. The van der Waals surface area contributed by atoms with Crippen molar-refractivity contribution in [2.75, 3.05) is 19.6 Å². The quantitative estimate of drug-likeness (QED) is 0.148. The van der Waals surface area contributed by atoms with Crippen LogP contribution in [0, 0.1) is 0 Å². The fourth-order valence-electron chi connectivity index (χ4n) is 3.63. The van der Waals surface area contributed by atoms with Gasteiger partial charge in [0.25, 0.3) is 0 Å². The summed E-state index contributed by atoms with van der Waals surface area (Å²) < 4.78 is 0. The molecule has 0 aromatic heterocycles. The zero-order valence-electron chi connectivity index (χ0n) is 21.1. The Bertz CT molecular complexity index is 341. The molecule has 0 amide bonds. The molecule has 0 aliphatic heterocycles. The summed E-state index contributed by atoms with van der Waals surface area (Å²) in [5, 5.41) is 8.51. The highest BCUT2D eigenvalue weighted by Gasteiger charge is 1.98. The molecule has 0 aliphatic rings. The number of carboxylic acid groups (broad SMARTS) is 1. The zero-order valence-corrected chi connectivity index (χ0v) is 21.1. The molecule has 0 aromatic carbocycles. The second-order valence-electron chi connectivity index (χ2n) is 8.57. The van der Waals surface area contributed by atoms with Gasteiger partial charge in [-0.15, -0.1) is 0 Å². The van der Waals surface area contributed by atoms with Crippen LogP contribution in [0.1, 0.15) is 137 Å². The number of carbonyl (C=O) groups is 1. The summed E-state index contributed by atoms with van der Waals surface area (Å²) in [5.41, 5.74) is 0. The number of rotatable bonds is 21. The Hall–Kier alpha value is -0.830. The Labute approximate surface area is 189 Å². The van der Waals surface area contributed by atoms with Gasteiger partial charge < -0.3 is 10.0 Å². The molecule has 3 heteroatoms. The Morgan fingerprint density at radius 2 is 1.00 bits per heavy atom. The maximum atomic E-state index is 10.3. The summed E-state index contributed by atoms with van der Waals surface area (Å²) in [6, 6.07) is 0. The number of nitrogens with zero attached hydrogens (tertiary/aromatic N) is 1. The predicted molar refractivity (Wildman–Crippen MR) is 134 cm³/mol. The van der Waals surface area contributed by atoms with Gasteiger partial charge in [-0.25, -0.2) is 0 Å². The monoisotopic (exact) mass is 425 g/mol. The molecule has 0 atom stereocenters. The van der Waals surface area contributed by atoms with Crippen LogP contribution in [0.5, 0.6) is 0 Å². The van der Waals surface area contributed by atoms with Gasteiger partial charge in [-0.1, -0.05) is 91.2 Å². The van der Waals surface area contributed by atoms with Crippen LogP contribution in [-0.2, 0) is 4.79 Å². The van der Waals surface area contributed by atoms with Crippen LogP contribution in [0.3, 0.4) is 0 Å². The number of carboxylic acids is 1. The molecule has 0 aromatic rings. The van der Waals surface area contributed by atoms with E-state index in [1.165, 1.54) is 110 Å². The Morgan fingerprint density at radius 3 is 1.40 bits per heavy atom. The van der Waals surface area contributed by atoms with E-state index in [0.29, 0.717) is 6.42 Å². The van der Waals surface area contributed by atoms with E-state index in [2.05, 4.69) is 44.7 Å². The second-order valence-corrected chi connectivity index (χ2v) is 8.57. The summed E-state index contributed by atoms with van der Waals surface area (Å²) in [7, 11) is 0. The van der Waals surface area contributed by atoms with Crippen LogP contribution >= 0.6 is 0 Å². The van der Waals surface area contributed by atoms with Gasteiger partial charge in [0.1, 0.15) is 0 Å². The van der Waals surface area contributed by atoms with Gasteiger partial charge in [-0.3, -0.25) is 4.79 Å². The van der Waals surface area contributed by atoms with Gasteiger partial charge in [0.05, 0.1) is 0 Å². The van der Waals surface area contributed by atoms with Crippen molar-refractivity contribution in [3.05, 3.63) is 12.2 Å². The maximum absolute atomic E-state index is 10.3. The van der Waals surface area contributed by atoms with Crippen LogP contribution in [0.15, 0.2) is 12.2 Å². The lowest BCUT2D eigenvalue weighted by molar-refractivity contribution is -0.137. The molecule has 0 saturated carbocycles. The summed E-state index contributed by atoms with van der Waals surface area (Å²) in [6.45, 7) is 12.8. The van der Waals surface area contributed by atoms with Crippen LogP contribution in [0.25, 0.3) is 0 Å². The molecule has 0 unspecified atom stereocenters. The minimum atomic E-state index is -0.664. The maximum Gasteiger partial charge on any atom is 0.303 e. The van der Waals surface area contributed by atoms with Crippen LogP contribution in [-0.4, -0.2) is 35.6 Å². The molecule has 3 nitrogen and oxygen atoms in total. The molecule has 0 rings (SSSR count). The zero-order chi connectivity index (χ0) is 22.7. The average molecular weight is 426 g/mol. The first-order valence-corrected chi connectivity index (χ1v) is 13.2. The molecule has 0 radical (unpaired) electrons. The molecule has 30 heavy (non-hydrogen) atoms. The third-order valence-corrected chi connectivity index (χ3v) is 5.27. The third-order valence-electron chi connectivity index (χ3n) is 5.27. The summed E-state index contributed by atoms with van der Waals surface area (Å²) >= 11 is 0. The number of aliphatic carboxylic acids is 1. The van der Waals surface area contributed by atoms with E-state index >= 15 is 0 Å². The van der Waals surface area contributed by atoms with Crippen LogP contribution in [0.4, 0.5) is 0 Å². The van der Waals surface area contributed by atoms with Gasteiger partial charge in [0.15, 0.2) is 0 Å². The van der Waals surface area contributed by atoms with E-state index in [1.54, 1.807) is 0 Å². The largest absolute Gasteiger partial charge is 0.481 e. The molecule has 1 N–H and O–H groups in total. The number of hydrogen-bond acceptors (Lipinski definition) is 2. The highest BCUT2D eigenvalue weighted by Crippen LogP contribution is 2.09. The van der Waals surface area contributed by atoms with Crippen LogP contribution in [0.2, 0.25) is 0 Å². The number of unbranched alkanes of at least 4 members (excludes halogenated alkanes) is 11. The van der Waals surface area contributed by atoms with Crippen molar-refractivity contribution >= 4 is 5.97 Å². The van der Waals surface area contributed by atoms with Crippen molar-refractivity contribution in [2.24, 2.45) is 0 Å². The Kier molecular flexibility index (Phi) is 29.4.